The van der Waals surface area contributed by atoms with Crippen LogP contribution in [0.5, 0.6) is 0 Å². The summed E-state index contributed by atoms with van der Waals surface area (Å²) < 4.78 is 2.47. The van der Waals surface area contributed by atoms with E-state index in [1.165, 1.54) is 61.2 Å². The van der Waals surface area contributed by atoms with Gasteiger partial charge in [0.2, 0.25) is 0 Å². The molecule has 0 aliphatic heterocycles. The molecule has 0 spiro atoms. The van der Waals surface area contributed by atoms with Crippen LogP contribution in [0, 0.1) is 0 Å². The molecule has 0 saturated heterocycles. The number of para-hydroxylation sites is 1. The minimum Gasteiger partial charge on any atom is -0.310 e. The van der Waals surface area contributed by atoms with Gasteiger partial charge in [0.25, 0.3) is 0 Å². The first-order chi connectivity index (χ1) is 24.1. The summed E-state index contributed by atoms with van der Waals surface area (Å²) in [5.41, 5.74) is 15.8. The van der Waals surface area contributed by atoms with Crippen LogP contribution >= 0.6 is 0 Å². The number of fused-ring (bicyclic) bond motifs is 5. The van der Waals surface area contributed by atoms with Crippen LogP contribution in [0.15, 0.2) is 182 Å². The number of rotatable bonds is 6. The van der Waals surface area contributed by atoms with Crippen LogP contribution in [0.25, 0.3) is 50.1 Å². The minimum absolute atomic E-state index is 0.150. The lowest BCUT2D eigenvalue weighted by atomic mass is 9.81. The van der Waals surface area contributed by atoms with Gasteiger partial charge in [-0.2, -0.15) is 0 Å². The zero-order chi connectivity index (χ0) is 33.0. The Bertz CT molecular complexity index is 2340. The molecule has 8 aromatic rings. The van der Waals surface area contributed by atoms with Crippen molar-refractivity contribution in [3.63, 3.8) is 0 Å². The number of benzene rings is 7. The summed E-state index contributed by atoms with van der Waals surface area (Å²) in [6, 6.07) is 65.9. The highest BCUT2D eigenvalue weighted by Crippen LogP contribution is 2.54. The van der Waals surface area contributed by atoms with Crippen molar-refractivity contribution in [2.24, 2.45) is 0 Å². The zero-order valence-electron chi connectivity index (χ0n) is 27.7. The van der Waals surface area contributed by atoms with Crippen molar-refractivity contribution in [3.05, 3.63) is 193 Å². The van der Waals surface area contributed by atoms with Crippen molar-refractivity contribution in [3.8, 4) is 39.2 Å². The quantitative estimate of drug-likeness (QED) is 0.178. The third-order valence-electron chi connectivity index (χ3n) is 10.2. The summed E-state index contributed by atoms with van der Waals surface area (Å²) in [6.07, 6.45) is 0. The predicted octanol–water partition coefficient (Wildman–Crippen LogP) is 12.7. The van der Waals surface area contributed by atoms with Crippen LogP contribution in [-0.4, -0.2) is 4.57 Å². The Hall–Kier alpha value is -6.12. The van der Waals surface area contributed by atoms with Gasteiger partial charge in [-0.3, -0.25) is 0 Å². The molecule has 2 nitrogen and oxygen atoms in total. The van der Waals surface area contributed by atoms with Gasteiger partial charge in [-0.15, -0.1) is 0 Å². The molecular weight excluding hydrogens is 593 g/mol. The lowest BCUT2D eigenvalue weighted by molar-refractivity contribution is 0.666. The van der Waals surface area contributed by atoms with E-state index in [1.807, 2.05) is 0 Å². The molecule has 0 bridgehead atoms. The number of nitrogens with zero attached hydrogens (tertiary/aromatic N) is 2. The van der Waals surface area contributed by atoms with E-state index in [4.69, 9.17) is 0 Å². The van der Waals surface area contributed by atoms with Crippen molar-refractivity contribution >= 4 is 28.0 Å². The number of hydrogen-bond donors (Lipinski definition) is 0. The largest absolute Gasteiger partial charge is 0.310 e. The first kappa shape index (κ1) is 29.1. The van der Waals surface area contributed by atoms with E-state index < -0.39 is 0 Å². The Labute approximate surface area is 288 Å². The second kappa shape index (κ2) is 11.5. The average molecular weight is 629 g/mol. The molecule has 0 amide bonds. The summed E-state index contributed by atoms with van der Waals surface area (Å²) >= 11 is 0. The topological polar surface area (TPSA) is 8.17 Å². The van der Waals surface area contributed by atoms with E-state index >= 15 is 0 Å². The van der Waals surface area contributed by atoms with Crippen LogP contribution in [0.2, 0.25) is 0 Å². The number of aromatic nitrogens is 1. The molecule has 9 rings (SSSR count). The highest BCUT2D eigenvalue weighted by atomic mass is 15.1. The standard InChI is InChI=1S/C47H36N2/c1-47(2)43-21-13-12-20-41(43)46-45(47)42-32-40(30-31-44(42)49(46)37-18-10-5-11-19-37)48(38-26-22-35(23-27-38)33-14-6-3-7-15-33)39-28-24-36(25-29-39)34-16-8-4-9-17-34/h3-32H,1-2H3. The summed E-state index contributed by atoms with van der Waals surface area (Å²) in [5, 5.41) is 1.28. The van der Waals surface area contributed by atoms with E-state index in [0.29, 0.717) is 0 Å². The Morgan fingerprint density at radius 1 is 0.449 bits per heavy atom. The molecule has 0 saturated carbocycles. The average Bonchev–Trinajstić information content (AvgIpc) is 3.63. The summed E-state index contributed by atoms with van der Waals surface area (Å²) in [4.78, 5) is 2.39. The molecule has 234 valence electrons. The van der Waals surface area contributed by atoms with E-state index in [-0.39, 0.29) is 5.41 Å². The highest BCUT2D eigenvalue weighted by Gasteiger charge is 2.40. The van der Waals surface area contributed by atoms with Crippen molar-refractivity contribution < 1.29 is 0 Å². The third kappa shape index (κ3) is 4.79. The second-order valence-corrected chi connectivity index (χ2v) is 13.4. The smallest absolute Gasteiger partial charge is 0.0585 e. The van der Waals surface area contributed by atoms with Crippen LogP contribution in [0.1, 0.15) is 25.0 Å². The molecule has 0 unspecified atom stereocenters. The SMILES string of the molecule is CC1(C)c2ccccc2-c2c1c1cc(N(c3ccc(-c4ccccc4)cc3)c3ccc(-c4ccccc4)cc3)ccc1n2-c1ccccc1. The molecule has 1 aliphatic carbocycles. The third-order valence-corrected chi connectivity index (χ3v) is 10.2. The molecule has 0 N–H and O–H groups in total. The maximum atomic E-state index is 2.47. The molecule has 0 fully saturated rings. The second-order valence-electron chi connectivity index (χ2n) is 13.4. The Kier molecular flexibility index (Phi) is 6.84. The summed E-state index contributed by atoms with van der Waals surface area (Å²) in [6.45, 7) is 4.75. The molecule has 7 aromatic carbocycles. The molecule has 1 aromatic heterocycles. The van der Waals surface area contributed by atoms with Gasteiger partial charge in [-0.1, -0.05) is 141 Å². The molecule has 0 atom stereocenters. The molecule has 1 heterocycles. The minimum atomic E-state index is -0.150. The number of hydrogen-bond acceptors (Lipinski definition) is 1. The van der Waals surface area contributed by atoms with Crippen molar-refractivity contribution in [2.45, 2.75) is 19.3 Å². The number of anilines is 3. The maximum absolute atomic E-state index is 2.47. The van der Waals surface area contributed by atoms with Gasteiger partial charge in [-0.25, -0.2) is 0 Å². The lowest BCUT2D eigenvalue weighted by Crippen LogP contribution is -2.15. The van der Waals surface area contributed by atoms with Crippen molar-refractivity contribution in [2.75, 3.05) is 4.90 Å². The Balaban J connectivity index is 1.25. The normalized spacial score (nSPS) is 12.9. The van der Waals surface area contributed by atoms with Crippen LogP contribution in [0.4, 0.5) is 17.1 Å². The molecule has 2 heteroatoms. The van der Waals surface area contributed by atoms with Crippen molar-refractivity contribution in [1.29, 1.82) is 0 Å². The van der Waals surface area contributed by atoms with Crippen LogP contribution in [-0.2, 0) is 5.41 Å². The van der Waals surface area contributed by atoms with E-state index in [1.54, 1.807) is 0 Å². The van der Waals surface area contributed by atoms with Gasteiger partial charge >= 0.3 is 0 Å². The molecule has 49 heavy (non-hydrogen) atoms. The fraction of sp³-hybridized carbons (Fsp3) is 0.0638. The maximum Gasteiger partial charge on any atom is 0.0585 e. The predicted molar refractivity (Wildman–Crippen MR) is 206 cm³/mol. The fourth-order valence-corrected chi connectivity index (χ4v) is 7.83. The van der Waals surface area contributed by atoms with E-state index in [2.05, 4.69) is 205 Å². The first-order valence-corrected chi connectivity index (χ1v) is 17.0. The summed E-state index contributed by atoms with van der Waals surface area (Å²) in [7, 11) is 0. The monoisotopic (exact) mass is 628 g/mol. The van der Waals surface area contributed by atoms with Gasteiger partial charge in [0.1, 0.15) is 0 Å². The molecule has 0 radical (unpaired) electrons. The van der Waals surface area contributed by atoms with Gasteiger partial charge in [0.15, 0.2) is 0 Å². The van der Waals surface area contributed by atoms with E-state index in [0.717, 1.165) is 17.1 Å². The fourth-order valence-electron chi connectivity index (χ4n) is 7.83. The zero-order valence-corrected chi connectivity index (χ0v) is 27.7. The summed E-state index contributed by atoms with van der Waals surface area (Å²) in [5.74, 6) is 0. The van der Waals surface area contributed by atoms with Crippen LogP contribution in [0.3, 0.4) is 0 Å². The van der Waals surface area contributed by atoms with Gasteiger partial charge in [-0.05, 0) is 88.0 Å². The van der Waals surface area contributed by atoms with Gasteiger partial charge in [0, 0.05) is 39.1 Å². The lowest BCUT2D eigenvalue weighted by Gasteiger charge is -2.27. The van der Waals surface area contributed by atoms with Crippen LogP contribution < -0.4 is 4.90 Å². The van der Waals surface area contributed by atoms with Gasteiger partial charge < -0.3 is 9.47 Å². The Morgan fingerprint density at radius 3 is 1.49 bits per heavy atom. The first-order valence-electron chi connectivity index (χ1n) is 17.0. The molecular formula is C47H36N2. The van der Waals surface area contributed by atoms with E-state index in [9.17, 15) is 0 Å². The molecule has 1 aliphatic rings. The van der Waals surface area contributed by atoms with Gasteiger partial charge in [0.05, 0.1) is 11.2 Å². The Morgan fingerprint density at radius 2 is 0.918 bits per heavy atom. The highest BCUT2D eigenvalue weighted by molar-refractivity contribution is 6.01. The van der Waals surface area contributed by atoms with Crippen molar-refractivity contribution in [1.82, 2.24) is 4.57 Å².